The first-order chi connectivity index (χ1) is 8.60. The first-order valence-corrected chi connectivity index (χ1v) is 6.67. The summed E-state index contributed by atoms with van der Waals surface area (Å²) in [6.45, 7) is 8.73. The zero-order valence-electron chi connectivity index (χ0n) is 11.5. The van der Waals surface area contributed by atoms with Crippen LogP contribution in [0.1, 0.15) is 32.4 Å². The Kier molecular flexibility index (Phi) is 4.01. The van der Waals surface area contributed by atoms with Crippen molar-refractivity contribution >= 4 is 11.8 Å². The number of aromatic nitrogens is 2. The van der Waals surface area contributed by atoms with E-state index < -0.39 is 0 Å². The van der Waals surface area contributed by atoms with Gasteiger partial charge in [0.2, 0.25) is 5.95 Å². The van der Waals surface area contributed by atoms with E-state index in [-0.39, 0.29) is 0 Å². The molecule has 1 aliphatic rings. The van der Waals surface area contributed by atoms with Crippen LogP contribution >= 0.6 is 0 Å². The van der Waals surface area contributed by atoms with Gasteiger partial charge in [-0.25, -0.2) is 10.8 Å². The van der Waals surface area contributed by atoms with Crippen LogP contribution in [0.15, 0.2) is 6.07 Å². The Hall–Kier alpha value is -1.36. The van der Waals surface area contributed by atoms with Crippen molar-refractivity contribution in [3.05, 3.63) is 11.8 Å². The molecule has 1 aromatic heterocycles. The van der Waals surface area contributed by atoms with Gasteiger partial charge < -0.3 is 4.90 Å². The Morgan fingerprint density at radius 3 is 2.56 bits per heavy atom. The average Bonchev–Trinajstić information content (AvgIpc) is 2.38. The molecule has 1 fully saturated rings. The monoisotopic (exact) mass is 249 g/mol. The van der Waals surface area contributed by atoms with Crippen molar-refractivity contribution in [2.45, 2.75) is 33.6 Å². The summed E-state index contributed by atoms with van der Waals surface area (Å²) in [6, 6.07) is 2.02. The first kappa shape index (κ1) is 13.1. The fourth-order valence-electron chi connectivity index (χ4n) is 2.57. The molecule has 0 aliphatic carbocycles. The molecular formula is C13H23N5. The van der Waals surface area contributed by atoms with Gasteiger partial charge in [-0.2, -0.15) is 4.98 Å². The molecule has 1 aromatic rings. The second kappa shape index (κ2) is 5.52. The van der Waals surface area contributed by atoms with Crippen LogP contribution in [0.4, 0.5) is 11.8 Å². The van der Waals surface area contributed by atoms with E-state index in [0.717, 1.165) is 36.4 Å². The molecule has 0 spiro atoms. The Labute approximate surface area is 109 Å². The van der Waals surface area contributed by atoms with Crippen molar-refractivity contribution in [3.63, 3.8) is 0 Å². The molecule has 1 saturated heterocycles. The molecule has 0 amide bonds. The van der Waals surface area contributed by atoms with E-state index in [1.807, 2.05) is 13.0 Å². The molecule has 18 heavy (non-hydrogen) atoms. The maximum absolute atomic E-state index is 5.39. The normalized spacial score (nSPS) is 17.3. The molecule has 0 radical (unpaired) electrons. The fraction of sp³-hybridized carbons (Fsp3) is 0.692. The van der Waals surface area contributed by atoms with Crippen LogP contribution < -0.4 is 16.2 Å². The van der Waals surface area contributed by atoms with Gasteiger partial charge in [-0.3, -0.25) is 5.43 Å². The summed E-state index contributed by atoms with van der Waals surface area (Å²) in [5, 5.41) is 0. The SMILES string of the molecule is Cc1cc(N2CCC(C(C)C)CC2)nc(NN)n1. The number of hydrogen-bond donors (Lipinski definition) is 2. The van der Waals surface area contributed by atoms with Crippen LogP contribution in [0.3, 0.4) is 0 Å². The number of aryl methyl sites for hydroxylation is 1. The summed E-state index contributed by atoms with van der Waals surface area (Å²) in [5.74, 6) is 8.49. The van der Waals surface area contributed by atoms with Crippen molar-refractivity contribution in [3.8, 4) is 0 Å². The topological polar surface area (TPSA) is 67.1 Å². The molecule has 100 valence electrons. The zero-order chi connectivity index (χ0) is 13.1. The fourth-order valence-corrected chi connectivity index (χ4v) is 2.57. The number of piperidine rings is 1. The van der Waals surface area contributed by atoms with Crippen molar-refractivity contribution in [2.24, 2.45) is 17.7 Å². The third-order valence-electron chi connectivity index (χ3n) is 3.78. The molecule has 5 heteroatoms. The van der Waals surface area contributed by atoms with Gasteiger partial charge in [0, 0.05) is 24.8 Å². The maximum Gasteiger partial charge on any atom is 0.239 e. The Morgan fingerprint density at radius 1 is 1.33 bits per heavy atom. The van der Waals surface area contributed by atoms with E-state index in [1.54, 1.807) is 0 Å². The molecular weight excluding hydrogens is 226 g/mol. The van der Waals surface area contributed by atoms with E-state index in [1.165, 1.54) is 12.8 Å². The highest BCUT2D eigenvalue weighted by Crippen LogP contribution is 2.27. The number of rotatable bonds is 3. The van der Waals surface area contributed by atoms with E-state index in [0.29, 0.717) is 5.95 Å². The van der Waals surface area contributed by atoms with Crippen molar-refractivity contribution in [2.75, 3.05) is 23.4 Å². The van der Waals surface area contributed by atoms with Crippen LogP contribution in [0.25, 0.3) is 0 Å². The van der Waals surface area contributed by atoms with E-state index >= 15 is 0 Å². The molecule has 0 unspecified atom stereocenters. The van der Waals surface area contributed by atoms with Crippen LogP contribution in [0, 0.1) is 18.8 Å². The van der Waals surface area contributed by atoms with Gasteiger partial charge in [-0.15, -0.1) is 0 Å². The second-order valence-corrected chi connectivity index (χ2v) is 5.40. The molecule has 1 aliphatic heterocycles. The molecule has 3 N–H and O–H groups in total. The first-order valence-electron chi connectivity index (χ1n) is 6.67. The molecule has 5 nitrogen and oxygen atoms in total. The lowest BCUT2D eigenvalue weighted by Crippen LogP contribution is -2.36. The van der Waals surface area contributed by atoms with Gasteiger partial charge in [-0.1, -0.05) is 13.8 Å². The highest BCUT2D eigenvalue weighted by molar-refractivity contribution is 5.44. The molecule has 0 saturated carbocycles. The van der Waals surface area contributed by atoms with Crippen LogP contribution in [-0.4, -0.2) is 23.1 Å². The van der Waals surface area contributed by atoms with Crippen molar-refractivity contribution in [1.29, 1.82) is 0 Å². The molecule has 0 atom stereocenters. The maximum atomic E-state index is 5.39. The number of hydrogen-bond acceptors (Lipinski definition) is 5. The highest BCUT2D eigenvalue weighted by Gasteiger charge is 2.22. The minimum Gasteiger partial charge on any atom is -0.356 e. The van der Waals surface area contributed by atoms with Crippen LogP contribution in [0.2, 0.25) is 0 Å². The van der Waals surface area contributed by atoms with E-state index in [2.05, 4.69) is 34.1 Å². The van der Waals surface area contributed by atoms with E-state index in [4.69, 9.17) is 5.84 Å². The minimum atomic E-state index is 0.496. The third kappa shape index (κ3) is 2.90. The molecule has 2 heterocycles. The summed E-state index contributed by atoms with van der Waals surface area (Å²) in [4.78, 5) is 11.0. The van der Waals surface area contributed by atoms with Gasteiger partial charge in [0.25, 0.3) is 0 Å². The van der Waals surface area contributed by atoms with Gasteiger partial charge in [-0.05, 0) is 31.6 Å². The zero-order valence-corrected chi connectivity index (χ0v) is 11.5. The average molecular weight is 249 g/mol. The standard InChI is InChI=1S/C13H23N5/c1-9(2)11-4-6-18(7-5-11)12-8-10(3)15-13(16-12)17-14/h8-9,11H,4-7,14H2,1-3H3,(H,15,16,17). The second-order valence-electron chi connectivity index (χ2n) is 5.40. The predicted octanol–water partition coefficient (Wildman–Crippen LogP) is 1.94. The number of nitrogens with two attached hydrogens (primary N) is 1. The van der Waals surface area contributed by atoms with Crippen molar-refractivity contribution < 1.29 is 0 Å². The van der Waals surface area contributed by atoms with Crippen LogP contribution in [-0.2, 0) is 0 Å². The lowest BCUT2D eigenvalue weighted by Gasteiger charge is -2.34. The lowest BCUT2D eigenvalue weighted by atomic mass is 9.87. The summed E-state index contributed by atoms with van der Waals surface area (Å²) in [7, 11) is 0. The van der Waals surface area contributed by atoms with Gasteiger partial charge in [0.05, 0.1) is 0 Å². The van der Waals surface area contributed by atoms with Gasteiger partial charge in [0.15, 0.2) is 0 Å². The molecule has 0 aromatic carbocycles. The van der Waals surface area contributed by atoms with E-state index in [9.17, 15) is 0 Å². The Morgan fingerprint density at radius 2 is 2.00 bits per heavy atom. The number of nitrogens with one attached hydrogen (secondary N) is 1. The Balaban J connectivity index is 2.07. The number of nitrogen functional groups attached to an aromatic ring is 1. The van der Waals surface area contributed by atoms with Crippen LogP contribution in [0.5, 0.6) is 0 Å². The van der Waals surface area contributed by atoms with Gasteiger partial charge in [0.1, 0.15) is 5.82 Å². The Bertz CT molecular complexity index is 396. The third-order valence-corrected chi connectivity index (χ3v) is 3.78. The minimum absolute atomic E-state index is 0.496. The number of nitrogens with zero attached hydrogens (tertiary/aromatic N) is 3. The summed E-state index contributed by atoms with van der Waals surface area (Å²) < 4.78 is 0. The lowest BCUT2D eigenvalue weighted by molar-refractivity contribution is 0.310. The highest BCUT2D eigenvalue weighted by atomic mass is 15.3. The molecule has 0 bridgehead atoms. The van der Waals surface area contributed by atoms with Crippen molar-refractivity contribution in [1.82, 2.24) is 9.97 Å². The summed E-state index contributed by atoms with van der Waals surface area (Å²) in [5.41, 5.74) is 3.47. The smallest absolute Gasteiger partial charge is 0.239 e. The quantitative estimate of drug-likeness (QED) is 0.633. The summed E-state index contributed by atoms with van der Waals surface area (Å²) >= 11 is 0. The largest absolute Gasteiger partial charge is 0.356 e. The number of hydrazine groups is 1. The summed E-state index contributed by atoms with van der Waals surface area (Å²) in [6.07, 6.45) is 2.48. The predicted molar refractivity (Wildman–Crippen MR) is 74.4 cm³/mol. The molecule has 2 rings (SSSR count). The van der Waals surface area contributed by atoms with Gasteiger partial charge >= 0.3 is 0 Å². The number of anilines is 2.